The summed E-state index contributed by atoms with van der Waals surface area (Å²) in [5, 5.41) is -1.17. The smallest absolute Gasteiger partial charge is 0.165 e. The fraction of sp³-hybridized carbons (Fsp3) is 0.500. The molecule has 0 aliphatic heterocycles. The molecule has 0 atom stereocenters. The Balaban J connectivity index is 4.03. The van der Waals surface area contributed by atoms with Crippen LogP contribution in [-0.4, -0.2) is 12.1 Å². The van der Waals surface area contributed by atoms with Gasteiger partial charge in [-0.1, -0.05) is 11.6 Å². The van der Waals surface area contributed by atoms with E-state index in [1.54, 1.807) is 0 Å². The van der Waals surface area contributed by atoms with Crippen LogP contribution in [0.4, 0.5) is 13.2 Å². The minimum atomic E-state index is -4.45. The number of hydrogen-bond acceptors (Lipinski definition) is 0. The van der Waals surface area contributed by atoms with Gasteiger partial charge in [-0.15, -0.1) is 11.6 Å². The molecular weight excluding hydrogens is 176 g/mol. The third-order valence-electron chi connectivity index (χ3n) is 0.527. The van der Waals surface area contributed by atoms with Crippen molar-refractivity contribution in [3.8, 4) is 0 Å². The normalized spacial score (nSPS) is 14.1. The highest BCUT2D eigenvalue weighted by Crippen LogP contribution is 2.28. The van der Waals surface area contributed by atoms with E-state index in [4.69, 9.17) is 23.2 Å². The Hall–Kier alpha value is 0.110. The minimum Gasteiger partial charge on any atom is -0.165 e. The summed E-state index contributed by atoms with van der Waals surface area (Å²) in [4.78, 5) is 0. The number of rotatable bonds is 1. The van der Waals surface area contributed by atoms with Gasteiger partial charge in [0.05, 0.1) is 0 Å². The standard InChI is InChI=1S/C4H3Cl2F3/c5-2-1-3(6)4(7,8)9/h1H,2H2. The van der Waals surface area contributed by atoms with Crippen molar-refractivity contribution in [2.45, 2.75) is 6.18 Å². The molecule has 0 aliphatic carbocycles. The Morgan fingerprint density at radius 3 is 2.00 bits per heavy atom. The van der Waals surface area contributed by atoms with E-state index in [0.29, 0.717) is 6.08 Å². The average molecular weight is 179 g/mol. The van der Waals surface area contributed by atoms with Crippen LogP contribution in [0.15, 0.2) is 11.1 Å². The molecule has 9 heavy (non-hydrogen) atoms. The second-order valence-corrected chi connectivity index (χ2v) is 1.92. The van der Waals surface area contributed by atoms with Gasteiger partial charge >= 0.3 is 6.18 Å². The highest BCUT2D eigenvalue weighted by atomic mass is 35.5. The summed E-state index contributed by atoms with van der Waals surface area (Å²) >= 11 is 9.65. The summed E-state index contributed by atoms with van der Waals surface area (Å²) < 4.78 is 34.1. The molecule has 0 rings (SSSR count). The summed E-state index contributed by atoms with van der Waals surface area (Å²) in [5.74, 6) is -0.224. The summed E-state index contributed by atoms with van der Waals surface area (Å²) in [5.41, 5.74) is 0. The lowest BCUT2D eigenvalue weighted by molar-refractivity contribution is -0.0846. The fourth-order valence-corrected chi connectivity index (χ4v) is 0.494. The maximum atomic E-state index is 11.4. The van der Waals surface area contributed by atoms with Crippen molar-refractivity contribution in [3.05, 3.63) is 11.1 Å². The van der Waals surface area contributed by atoms with Crippen molar-refractivity contribution in [2.24, 2.45) is 0 Å². The fourth-order valence-electron chi connectivity index (χ4n) is 0.183. The molecule has 54 valence electrons. The third-order valence-corrected chi connectivity index (χ3v) is 1.05. The molecule has 0 aromatic heterocycles. The third kappa shape index (κ3) is 3.65. The quantitative estimate of drug-likeness (QED) is 0.542. The van der Waals surface area contributed by atoms with Crippen LogP contribution in [0.1, 0.15) is 0 Å². The molecule has 0 heterocycles. The number of alkyl halides is 4. The Morgan fingerprint density at radius 2 is 1.89 bits per heavy atom. The summed E-state index contributed by atoms with van der Waals surface area (Å²) in [7, 11) is 0. The van der Waals surface area contributed by atoms with Crippen molar-refractivity contribution < 1.29 is 13.2 Å². The lowest BCUT2D eigenvalue weighted by Crippen LogP contribution is -2.06. The average Bonchev–Trinajstić information content (AvgIpc) is 1.64. The predicted octanol–water partition coefficient (Wildman–Crippen LogP) is 2.91. The van der Waals surface area contributed by atoms with Crippen molar-refractivity contribution >= 4 is 23.2 Å². The Labute approximate surface area is 60.2 Å². The van der Waals surface area contributed by atoms with Gasteiger partial charge in [0.25, 0.3) is 0 Å². The van der Waals surface area contributed by atoms with E-state index in [1.165, 1.54) is 0 Å². The molecule has 0 nitrogen and oxygen atoms in total. The monoisotopic (exact) mass is 178 g/mol. The van der Waals surface area contributed by atoms with E-state index in [9.17, 15) is 13.2 Å². The Morgan fingerprint density at radius 1 is 1.44 bits per heavy atom. The van der Waals surface area contributed by atoms with E-state index in [-0.39, 0.29) is 5.88 Å². The highest BCUT2D eigenvalue weighted by molar-refractivity contribution is 6.31. The second-order valence-electron chi connectivity index (χ2n) is 1.20. The molecule has 5 heteroatoms. The van der Waals surface area contributed by atoms with Crippen molar-refractivity contribution in [3.63, 3.8) is 0 Å². The lowest BCUT2D eigenvalue weighted by atomic mass is 10.5. The summed E-state index contributed by atoms with van der Waals surface area (Å²) in [6.45, 7) is 0. The molecule has 0 bridgehead atoms. The Bertz CT molecular complexity index is 115. The van der Waals surface area contributed by atoms with Gasteiger partial charge in [-0.3, -0.25) is 0 Å². The zero-order chi connectivity index (χ0) is 7.49. The molecule has 0 N–H and O–H groups in total. The predicted molar refractivity (Wildman–Crippen MR) is 30.7 cm³/mol. The topological polar surface area (TPSA) is 0 Å². The molecule has 0 amide bonds. The first-order chi connectivity index (χ1) is 3.98. The van der Waals surface area contributed by atoms with Crippen LogP contribution in [0.5, 0.6) is 0 Å². The molecule has 0 saturated heterocycles. The van der Waals surface area contributed by atoms with Gasteiger partial charge in [0, 0.05) is 5.88 Å². The van der Waals surface area contributed by atoms with Crippen LogP contribution < -0.4 is 0 Å². The van der Waals surface area contributed by atoms with Crippen molar-refractivity contribution in [1.29, 1.82) is 0 Å². The SMILES string of the molecule is FC(F)(F)C(Cl)=CCCl. The van der Waals surface area contributed by atoms with Crippen LogP contribution in [0.2, 0.25) is 0 Å². The van der Waals surface area contributed by atoms with E-state index < -0.39 is 11.2 Å². The molecule has 0 saturated carbocycles. The first-order valence-corrected chi connectivity index (χ1v) is 2.88. The molecule has 0 aliphatic rings. The van der Waals surface area contributed by atoms with Crippen LogP contribution in [0, 0.1) is 0 Å². The van der Waals surface area contributed by atoms with E-state index in [2.05, 4.69) is 0 Å². The number of hydrogen-bond donors (Lipinski definition) is 0. The molecule has 0 radical (unpaired) electrons. The first kappa shape index (κ1) is 9.11. The number of allylic oxidation sites excluding steroid dienone is 2. The van der Waals surface area contributed by atoms with Gasteiger partial charge in [-0.2, -0.15) is 13.2 Å². The molecule has 0 spiro atoms. The lowest BCUT2D eigenvalue weighted by Gasteiger charge is -2.01. The van der Waals surface area contributed by atoms with Crippen LogP contribution >= 0.6 is 23.2 Å². The van der Waals surface area contributed by atoms with Gasteiger partial charge in [-0.05, 0) is 6.08 Å². The summed E-state index contributed by atoms with van der Waals surface area (Å²) in [6, 6.07) is 0. The zero-order valence-electron chi connectivity index (χ0n) is 4.17. The van der Waals surface area contributed by atoms with Crippen molar-refractivity contribution in [1.82, 2.24) is 0 Å². The molecule has 0 aromatic carbocycles. The van der Waals surface area contributed by atoms with E-state index >= 15 is 0 Å². The van der Waals surface area contributed by atoms with Gasteiger partial charge in [-0.25, -0.2) is 0 Å². The number of halogens is 5. The van der Waals surface area contributed by atoms with Crippen LogP contribution in [-0.2, 0) is 0 Å². The van der Waals surface area contributed by atoms with Gasteiger partial charge in [0.15, 0.2) is 0 Å². The minimum absolute atomic E-state index is 0.224. The molecular formula is C4H3Cl2F3. The van der Waals surface area contributed by atoms with Crippen LogP contribution in [0.3, 0.4) is 0 Å². The molecule has 0 fully saturated rings. The van der Waals surface area contributed by atoms with Crippen molar-refractivity contribution in [2.75, 3.05) is 5.88 Å². The van der Waals surface area contributed by atoms with Gasteiger partial charge in [0.1, 0.15) is 5.03 Å². The largest absolute Gasteiger partial charge is 0.426 e. The van der Waals surface area contributed by atoms with Crippen LogP contribution in [0.25, 0.3) is 0 Å². The zero-order valence-corrected chi connectivity index (χ0v) is 5.69. The first-order valence-electron chi connectivity index (χ1n) is 1.97. The van der Waals surface area contributed by atoms with E-state index in [1.807, 2.05) is 0 Å². The maximum absolute atomic E-state index is 11.4. The second kappa shape index (κ2) is 3.32. The van der Waals surface area contributed by atoms with E-state index in [0.717, 1.165) is 0 Å². The van der Waals surface area contributed by atoms with Gasteiger partial charge < -0.3 is 0 Å². The Kier molecular flexibility index (Phi) is 3.36. The molecule has 0 aromatic rings. The summed E-state index contributed by atoms with van der Waals surface area (Å²) in [6.07, 6.45) is -3.75. The molecule has 0 unspecified atom stereocenters. The van der Waals surface area contributed by atoms with Gasteiger partial charge in [0.2, 0.25) is 0 Å². The highest BCUT2D eigenvalue weighted by Gasteiger charge is 2.31. The maximum Gasteiger partial charge on any atom is 0.426 e.